The molecular weight excluding hydrogens is 753 g/mol. The Labute approximate surface area is 374 Å². The molecule has 0 amide bonds. The molecule has 4 N–H and O–H groups in total. The summed E-state index contributed by atoms with van der Waals surface area (Å²) in [6, 6.07) is 0. The van der Waals surface area contributed by atoms with Gasteiger partial charge in [0.2, 0.25) is 0 Å². The number of carbonyl (C=O) groups excluding carboxylic acids is 1. The zero-order chi connectivity index (χ0) is 44.8. The first-order valence-electron chi connectivity index (χ1n) is 26.1. The van der Waals surface area contributed by atoms with E-state index in [1.54, 1.807) is 5.57 Å². The molecule has 0 heterocycles. The van der Waals surface area contributed by atoms with Crippen molar-refractivity contribution in [2.45, 2.75) is 240 Å². The summed E-state index contributed by atoms with van der Waals surface area (Å²) in [5.41, 5.74) is 1.79. The van der Waals surface area contributed by atoms with Crippen LogP contribution in [0.15, 0.2) is 23.3 Å². The average Bonchev–Trinajstić information content (AvgIpc) is 3.73. The van der Waals surface area contributed by atoms with Gasteiger partial charge in [-0.15, -0.1) is 0 Å². The van der Waals surface area contributed by atoms with E-state index in [1.807, 2.05) is 33.8 Å². The third kappa shape index (κ3) is 8.75. The van der Waals surface area contributed by atoms with Gasteiger partial charge < -0.3 is 20.4 Å². The van der Waals surface area contributed by atoms with Crippen LogP contribution in [-0.4, -0.2) is 48.6 Å². The summed E-state index contributed by atoms with van der Waals surface area (Å²) in [5, 5.41) is 42.4. The lowest BCUT2D eigenvalue weighted by Crippen LogP contribution is -2.55. The molecular formula is C56H94O5. The number of rotatable bonds is 10. The molecule has 0 aliphatic heterocycles. The van der Waals surface area contributed by atoms with Crippen molar-refractivity contribution in [2.75, 3.05) is 0 Å². The average molecular weight is 847 g/mol. The molecule has 0 aromatic carbocycles. The monoisotopic (exact) mass is 847 g/mol. The van der Waals surface area contributed by atoms with Gasteiger partial charge in [-0.25, -0.2) is 0 Å². The van der Waals surface area contributed by atoms with Gasteiger partial charge in [-0.1, -0.05) is 72.6 Å². The third-order valence-corrected chi connectivity index (χ3v) is 21.6. The number of allylic oxidation sites excluding steroid dienone is 2. The SMILES string of the molecule is CC[C@]1(O)CC[C@@]2(C)C(=CC(=O)[C@H]3[C@@H]4CC[C@H]([C@H](C)CCC(C)(C)O)[C@@]4(C)CC[C@@H]32)C1.CC[C@]1(O)CC[C@@]2(C)C(=CC[C@H]3[C@@H]4CC[C@H]([C@H](C)CCC(C)(C)O)[C@@]4(C)CC[C@@H]32)C1. The summed E-state index contributed by atoms with van der Waals surface area (Å²) in [6.45, 7) is 26.9. The van der Waals surface area contributed by atoms with Crippen LogP contribution in [0.25, 0.3) is 0 Å². The molecule has 0 aromatic rings. The highest BCUT2D eigenvalue weighted by Gasteiger charge is 2.63. The molecule has 0 aromatic heterocycles. The van der Waals surface area contributed by atoms with Crippen LogP contribution in [0.5, 0.6) is 0 Å². The maximum absolute atomic E-state index is 13.6. The van der Waals surface area contributed by atoms with Crippen LogP contribution in [0, 0.1) is 80.8 Å². The number of carbonyl (C=O) groups is 1. The van der Waals surface area contributed by atoms with Gasteiger partial charge in [0.25, 0.3) is 0 Å². The summed E-state index contributed by atoms with van der Waals surface area (Å²) >= 11 is 0. The van der Waals surface area contributed by atoms with E-state index < -0.39 is 22.4 Å². The van der Waals surface area contributed by atoms with E-state index in [4.69, 9.17) is 0 Å². The normalized spacial score (nSPS) is 46.6. The predicted molar refractivity (Wildman–Crippen MR) is 251 cm³/mol. The summed E-state index contributed by atoms with van der Waals surface area (Å²) in [6.07, 6.45) is 27.5. The van der Waals surface area contributed by atoms with E-state index in [2.05, 4.69) is 61.5 Å². The Hall–Kier alpha value is -1.01. The zero-order valence-electron chi connectivity index (χ0n) is 41.5. The standard InChI is InChI=1S/C28H46O3.C28H48O2/c1-7-28(31)15-14-26(5)19(17-28)16-23(29)24-21-9-8-20(18(2)10-12-25(3,4)30)27(21,6)13-11-22(24)26;1-7-28(30)17-16-26(5)20(18-28)8-9-21-23-11-10-22(19(2)12-14-25(3,4)29)27(23,6)15-13-24(21)26/h16,18,20-22,24,30-31H,7-15,17H2,1-6H3;8,19,21-24,29-30H,7,9-18H2,1-6H3/t18-,20-,21+,22+,24+,26+,27-,28+;19-,21+,22-,23+,24+,26+,27-,28+/m11/s1. The van der Waals surface area contributed by atoms with Crippen LogP contribution in [0.3, 0.4) is 0 Å². The molecule has 5 heteroatoms. The lowest BCUT2D eigenvalue weighted by molar-refractivity contribution is -0.136. The quantitative estimate of drug-likeness (QED) is 0.164. The molecule has 61 heavy (non-hydrogen) atoms. The van der Waals surface area contributed by atoms with Gasteiger partial charge in [0, 0.05) is 5.92 Å². The fourth-order valence-corrected chi connectivity index (χ4v) is 17.3. The predicted octanol–water partition coefficient (Wildman–Crippen LogP) is 13.0. The van der Waals surface area contributed by atoms with Crippen molar-refractivity contribution in [3.63, 3.8) is 0 Å². The van der Waals surface area contributed by atoms with Crippen LogP contribution in [0.1, 0.15) is 218 Å². The van der Waals surface area contributed by atoms with E-state index >= 15 is 0 Å². The number of ketones is 1. The topological polar surface area (TPSA) is 98.0 Å². The van der Waals surface area contributed by atoms with Crippen LogP contribution >= 0.6 is 0 Å². The van der Waals surface area contributed by atoms with Gasteiger partial charge in [-0.05, 0) is 244 Å². The second-order valence-electron chi connectivity index (χ2n) is 26.1. The summed E-state index contributed by atoms with van der Waals surface area (Å²) in [4.78, 5) is 13.6. The number of aliphatic hydroxyl groups is 4. The van der Waals surface area contributed by atoms with Crippen molar-refractivity contribution >= 4 is 5.78 Å². The molecule has 8 aliphatic rings. The molecule has 0 bridgehead atoms. The van der Waals surface area contributed by atoms with Crippen molar-refractivity contribution < 1.29 is 25.2 Å². The summed E-state index contributed by atoms with van der Waals surface area (Å²) in [5.74, 6) is 6.79. The highest BCUT2D eigenvalue weighted by molar-refractivity contribution is 5.94. The maximum atomic E-state index is 13.6. The van der Waals surface area contributed by atoms with Crippen molar-refractivity contribution in [3.05, 3.63) is 23.3 Å². The molecule has 348 valence electrons. The molecule has 8 rings (SSSR count). The van der Waals surface area contributed by atoms with Crippen LogP contribution in [-0.2, 0) is 4.79 Å². The molecule has 16 atom stereocenters. The maximum Gasteiger partial charge on any atom is 0.159 e. The second-order valence-corrected chi connectivity index (χ2v) is 26.1. The first-order valence-corrected chi connectivity index (χ1v) is 26.1. The fraction of sp³-hybridized carbons (Fsp3) is 0.911. The lowest BCUT2D eigenvalue weighted by atomic mass is 9.46. The Morgan fingerprint density at radius 2 is 1.08 bits per heavy atom. The van der Waals surface area contributed by atoms with Crippen LogP contribution < -0.4 is 0 Å². The molecule has 6 saturated carbocycles. The smallest absolute Gasteiger partial charge is 0.159 e. The van der Waals surface area contributed by atoms with Crippen LogP contribution in [0.4, 0.5) is 0 Å². The minimum atomic E-state index is -0.615. The number of hydrogen-bond donors (Lipinski definition) is 4. The van der Waals surface area contributed by atoms with Crippen LogP contribution in [0.2, 0.25) is 0 Å². The second kappa shape index (κ2) is 16.7. The first-order chi connectivity index (χ1) is 28.2. The van der Waals surface area contributed by atoms with Crippen molar-refractivity contribution in [1.29, 1.82) is 0 Å². The third-order valence-electron chi connectivity index (χ3n) is 21.6. The van der Waals surface area contributed by atoms with Gasteiger partial charge in [-0.3, -0.25) is 4.79 Å². The van der Waals surface area contributed by atoms with Gasteiger partial charge in [0.05, 0.1) is 22.4 Å². The number of hydrogen-bond acceptors (Lipinski definition) is 5. The van der Waals surface area contributed by atoms with E-state index in [1.165, 1.54) is 63.4 Å². The molecule has 0 radical (unpaired) electrons. The zero-order valence-corrected chi connectivity index (χ0v) is 41.5. The highest BCUT2D eigenvalue weighted by Crippen LogP contribution is 2.69. The molecule has 0 unspecified atom stereocenters. The molecule has 5 nitrogen and oxygen atoms in total. The number of fused-ring (bicyclic) bond motifs is 10. The highest BCUT2D eigenvalue weighted by atomic mass is 16.3. The van der Waals surface area contributed by atoms with Crippen molar-refractivity contribution in [2.24, 2.45) is 80.8 Å². The minimum absolute atomic E-state index is 0.0892. The summed E-state index contributed by atoms with van der Waals surface area (Å²) in [7, 11) is 0. The van der Waals surface area contributed by atoms with Gasteiger partial charge >= 0.3 is 0 Å². The van der Waals surface area contributed by atoms with Gasteiger partial charge in [-0.2, -0.15) is 0 Å². The largest absolute Gasteiger partial charge is 0.390 e. The van der Waals surface area contributed by atoms with Crippen molar-refractivity contribution in [1.82, 2.24) is 0 Å². The summed E-state index contributed by atoms with van der Waals surface area (Å²) < 4.78 is 0. The molecule has 0 spiro atoms. The molecule has 6 fully saturated rings. The lowest BCUT2D eigenvalue weighted by Gasteiger charge is -2.59. The minimum Gasteiger partial charge on any atom is -0.390 e. The Balaban J connectivity index is 0.000000184. The van der Waals surface area contributed by atoms with Crippen molar-refractivity contribution in [3.8, 4) is 0 Å². The van der Waals surface area contributed by atoms with E-state index in [0.717, 1.165) is 94.3 Å². The Morgan fingerprint density at radius 1 is 0.623 bits per heavy atom. The van der Waals surface area contributed by atoms with E-state index in [-0.39, 0.29) is 16.7 Å². The Morgan fingerprint density at radius 3 is 1.59 bits per heavy atom. The Kier molecular flexibility index (Phi) is 13.1. The first kappa shape index (κ1) is 47.9. The Bertz CT molecular complexity index is 1660. The fourth-order valence-electron chi connectivity index (χ4n) is 17.3. The van der Waals surface area contributed by atoms with Gasteiger partial charge in [0.1, 0.15) is 0 Å². The molecule has 8 aliphatic carbocycles. The van der Waals surface area contributed by atoms with Gasteiger partial charge in [0.15, 0.2) is 5.78 Å². The molecule has 0 saturated heterocycles. The van der Waals surface area contributed by atoms with E-state index in [9.17, 15) is 25.2 Å². The van der Waals surface area contributed by atoms with E-state index in [0.29, 0.717) is 52.6 Å².